The summed E-state index contributed by atoms with van der Waals surface area (Å²) in [4.78, 5) is 22.5. The van der Waals surface area contributed by atoms with E-state index < -0.39 is 10.8 Å². The van der Waals surface area contributed by atoms with Crippen LogP contribution in [0.5, 0.6) is 0 Å². The number of rotatable bonds is 4. The number of carbonyl (C=O) groups is 1. The molecule has 0 saturated carbocycles. The van der Waals surface area contributed by atoms with Crippen LogP contribution in [0.2, 0.25) is 0 Å². The molecule has 0 aliphatic rings. The lowest BCUT2D eigenvalue weighted by atomic mass is 10.1. The highest BCUT2D eigenvalue weighted by Crippen LogP contribution is 2.17. The Balaban J connectivity index is 2.14. The van der Waals surface area contributed by atoms with E-state index in [4.69, 9.17) is 0 Å². The zero-order valence-corrected chi connectivity index (χ0v) is 11.9. The van der Waals surface area contributed by atoms with Gasteiger partial charge in [-0.1, -0.05) is 35.9 Å². The van der Waals surface area contributed by atoms with Crippen LogP contribution in [0.3, 0.4) is 0 Å². The molecule has 0 spiro atoms. The molecule has 2 aromatic rings. The molecule has 1 N–H and O–H groups in total. The van der Waals surface area contributed by atoms with Crippen molar-refractivity contribution in [3.8, 4) is 0 Å². The van der Waals surface area contributed by atoms with Crippen LogP contribution in [0.4, 0.5) is 5.69 Å². The lowest BCUT2D eigenvalue weighted by molar-refractivity contribution is -0.385. The molecular formula is C16H16N2O3. The van der Waals surface area contributed by atoms with Gasteiger partial charge in [-0.05, 0) is 31.0 Å². The van der Waals surface area contributed by atoms with Crippen molar-refractivity contribution >= 4 is 11.6 Å². The molecule has 2 aromatic carbocycles. The summed E-state index contributed by atoms with van der Waals surface area (Å²) in [6.45, 7) is 4.32. The van der Waals surface area contributed by atoms with Gasteiger partial charge in [0.15, 0.2) is 0 Å². The van der Waals surface area contributed by atoms with Gasteiger partial charge in [0.1, 0.15) is 5.56 Å². The minimum absolute atomic E-state index is 0.0762. The molecule has 21 heavy (non-hydrogen) atoms. The molecule has 2 rings (SSSR count). The van der Waals surface area contributed by atoms with Crippen molar-refractivity contribution < 1.29 is 9.72 Å². The third-order valence-electron chi connectivity index (χ3n) is 3.28. The van der Waals surface area contributed by atoms with Gasteiger partial charge in [0.05, 0.1) is 4.92 Å². The van der Waals surface area contributed by atoms with E-state index in [1.807, 2.05) is 32.0 Å². The van der Waals surface area contributed by atoms with Crippen LogP contribution in [0.25, 0.3) is 0 Å². The Labute approximate surface area is 122 Å². The standard InChI is InChI=1S/C16H16N2O3/c1-11-7-8-13(12(2)9-11)10-17-16(19)14-5-3-4-6-15(14)18(20)21/h3-9H,10H2,1-2H3,(H,17,19). The third-order valence-corrected chi connectivity index (χ3v) is 3.28. The molecule has 0 saturated heterocycles. The number of aryl methyl sites for hydroxylation is 2. The Morgan fingerprint density at radius 3 is 2.57 bits per heavy atom. The predicted molar refractivity (Wildman–Crippen MR) is 80.2 cm³/mol. The number of nitro groups is 1. The monoisotopic (exact) mass is 284 g/mol. The van der Waals surface area contributed by atoms with E-state index in [-0.39, 0.29) is 11.3 Å². The molecule has 0 radical (unpaired) electrons. The smallest absolute Gasteiger partial charge is 0.282 e. The number of nitrogens with zero attached hydrogens (tertiary/aromatic N) is 1. The minimum atomic E-state index is -0.550. The van der Waals surface area contributed by atoms with Crippen LogP contribution in [0.1, 0.15) is 27.0 Å². The first kappa shape index (κ1) is 14.7. The molecule has 0 aromatic heterocycles. The van der Waals surface area contributed by atoms with Crippen molar-refractivity contribution in [1.82, 2.24) is 5.32 Å². The second kappa shape index (κ2) is 6.17. The quantitative estimate of drug-likeness (QED) is 0.692. The van der Waals surface area contributed by atoms with E-state index in [0.717, 1.165) is 16.7 Å². The number of benzene rings is 2. The zero-order valence-electron chi connectivity index (χ0n) is 11.9. The molecule has 0 atom stereocenters. The first-order valence-corrected chi connectivity index (χ1v) is 6.57. The largest absolute Gasteiger partial charge is 0.348 e. The summed E-state index contributed by atoms with van der Waals surface area (Å²) in [6, 6.07) is 11.9. The highest BCUT2D eigenvalue weighted by molar-refractivity contribution is 5.98. The number of carbonyl (C=O) groups excluding carboxylic acids is 1. The number of nitro benzene ring substituents is 1. The van der Waals surface area contributed by atoms with Gasteiger partial charge in [-0.25, -0.2) is 0 Å². The average Bonchev–Trinajstić information content (AvgIpc) is 2.46. The van der Waals surface area contributed by atoms with E-state index in [1.54, 1.807) is 12.1 Å². The van der Waals surface area contributed by atoms with Gasteiger partial charge in [-0.3, -0.25) is 14.9 Å². The fourth-order valence-corrected chi connectivity index (χ4v) is 2.14. The Bertz CT molecular complexity index is 696. The van der Waals surface area contributed by atoms with Crippen LogP contribution >= 0.6 is 0 Å². The molecule has 5 heteroatoms. The van der Waals surface area contributed by atoms with Gasteiger partial charge in [0.25, 0.3) is 11.6 Å². The molecule has 0 bridgehead atoms. The summed E-state index contributed by atoms with van der Waals surface area (Å²) >= 11 is 0. The van der Waals surface area contributed by atoms with E-state index in [9.17, 15) is 14.9 Å². The fourth-order valence-electron chi connectivity index (χ4n) is 2.14. The minimum Gasteiger partial charge on any atom is -0.348 e. The van der Waals surface area contributed by atoms with Gasteiger partial charge in [0, 0.05) is 12.6 Å². The van der Waals surface area contributed by atoms with Crippen molar-refractivity contribution in [2.24, 2.45) is 0 Å². The highest BCUT2D eigenvalue weighted by atomic mass is 16.6. The SMILES string of the molecule is Cc1ccc(CNC(=O)c2ccccc2[N+](=O)[O-])c(C)c1. The van der Waals surface area contributed by atoms with E-state index in [1.165, 1.54) is 12.1 Å². The van der Waals surface area contributed by atoms with Gasteiger partial charge in [-0.2, -0.15) is 0 Å². The number of hydrogen-bond acceptors (Lipinski definition) is 3. The van der Waals surface area contributed by atoms with Gasteiger partial charge in [-0.15, -0.1) is 0 Å². The molecular weight excluding hydrogens is 268 g/mol. The number of nitrogens with one attached hydrogen (secondary N) is 1. The predicted octanol–water partition coefficient (Wildman–Crippen LogP) is 3.14. The summed E-state index contributed by atoms with van der Waals surface area (Å²) in [5.74, 6) is -0.442. The first-order valence-electron chi connectivity index (χ1n) is 6.57. The lowest BCUT2D eigenvalue weighted by Crippen LogP contribution is -2.24. The second-order valence-corrected chi connectivity index (χ2v) is 4.89. The van der Waals surface area contributed by atoms with Crippen molar-refractivity contribution in [1.29, 1.82) is 0 Å². The molecule has 108 valence electrons. The highest BCUT2D eigenvalue weighted by Gasteiger charge is 2.18. The average molecular weight is 284 g/mol. The fraction of sp³-hybridized carbons (Fsp3) is 0.188. The Morgan fingerprint density at radius 2 is 1.90 bits per heavy atom. The van der Waals surface area contributed by atoms with Crippen molar-refractivity contribution in [3.05, 3.63) is 74.8 Å². The summed E-state index contributed by atoms with van der Waals surface area (Å²) in [5.41, 5.74) is 3.12. The maximum atomic E-state index is 12.1. The summed E-state index contributed by atoms with van der Waals surface area (Å²) < 4.78 is 0. The summed E-state index contributed by atoms with van der Waals surface area (Å²) in [6.07, 6.45) is 0. The molecule has 0 fully saturated rings. The third kappa shape index (κ3) is 3.45. The van der Waals surface area contributed by atoms with Crippen LogP contribution in [0.15, 0.2) is 42.5 Å². The number of hydrogen-bond donors (Lipinski definition) is 1. The second-order valence-electron chi connectivity index (χ2n) is 4.89. The summed E-state index contributed by atoms with van der Waals surface area (Å²) in [7, 11) is 0. The topological polar surface area (TPSA) is 72.2 Å². The molecule has 0 aliphatic heterocycles. The van der Waals surface area contributed by atoms with Gasteiger partial charge < -0.3 is 5.32 Å². The van der Waals surface area contributed by atoms with Crippen LogP contribution < -0.4 is 5.32 Å². The number of para-hydroxylation sites is 1. The lowest BCUT2D eigenvalue weighted by Gasteiger charge is -2.09. The van der Waals surface area contributed by atoms with Crippen LogP contribution in [-0.2, 0) is 6.54 Å². The van der Waals surface area contributed by atoms with Crippen molar-refractivity contribution in [2.75, 3.05) is 0 Å². The van der Waals surface area contributed by atoms with Gasteiger partial charge >= 0.3 is 0 Å². The normalized spacial score (nSPS) is 10.2. The van der Waals surface area contributed by atoms with E-state index in [2.05, 4.69) is 5.32 Å². The Kier molecular flexibility index (Phi) is 4.33. The summed E-state index contributed by atoms with van der Waals surface area (Å²) in [5, 5.41) is 13.6. The zero-order chi connectivity index (χ0) is 15.4. The molecule has 0 unspecified atom stereocenters. The van der Waals surface area contributed by atoms with Crippen LogP contribution in [0, 0.1) is 24.0 Å². The van der Waals surface area contributed by atoms with Crippen molar-refractivity contribution in [3.63, 3.8) is 0 Å². The number of amides is 1. The van der Waals surface area contributed by atoms with E-state index >= 15 is 0 Å². The maximum absolute atomic E-state index is 12.1. The van der Waals surface area contributed by atoms with Crippen LogP contribution in [-0.4, -0.2) is 10.8 Å². The van der Waals surface area contributed by atoms with Crippen molar-refractivity contribution in [2.45, 2.75) is 20.4 Å². The maximum Gasteiger partial charge on any atom is 0.282 e. The first-order chi connectivity index (χ1) is 9.99. The van der Waals surface area contributed by atoms with E-state index in [0.29, 0.717) is 6.54 Å². The molecule has 0 aliphatic carbocycles. The van der Waals surface area contributed by atoms with Gasteiger partial charge in [0.2, 0.25) is 0 Å². The molecule has 5 nitrogen and oxygen atoms in total. The molecule has 0 heterocycles. The Morgan fingerprint density at radius 1 is 1.19 bits per heavy atom. The Hall–Kier alpha value is -2.69. The molecule has 1 amide bonds.